The van der Waals surface area contributed by atoms with Gasteiger partial charge in [-0.2, -0.15) is 0 Å². The summed E-state index contributed by atoms with van der Waals surface area (Å²) < 4.78 is 0. The summed E-state index contributed by atoms with van der Waals surface area (Å²) in [6.45, 7) is 8.15. The van der Waals surface area contributed by atoms with Gasteiger partial charge in [0.05, 0.1) is 5.69 Å². The van der Waals surface area contributed by atoms with E-state index in [1.165, 1.54) is 63.8 Å². The lowest BCUT2D eigenvalue weighted by molar-refractivity contribution is -0.118. The number of rotatable bonds is 8. The van der Waals surface area contributed by atoms with Crippen molar-refractivity contribution in [3.8, 4) is 11.3 Å². The van der Waals surface area contributed by atoms with E-state index in [9.17, 15) is 4.79 Å². The van der Waals surface area contributed by atoms with Gasteiger partial charge in [0.15, 0.2) is 0 Å². The largest absolute Gasteiger partial charge is 0.303 e. The van der Waals surface area contributed by atoms with Crippen LogP contribution in [0.3, 0.4) is 0 Å². The molecule has 0 aliphatic carbocycles. The van der Waals surface area contributed by atoms with Crippen LogP contribution in [0.5, 0.6) is 0 Å². The van der Waals surface area contributed by atoms with Crippen LogP contribution in [0.4, 0.5) is 0 Å². The second-order valence-corrected chi connectivity index (χ2v) is 9.41. The molecule has 0 bridgehead atoms. The molecule has 2 saturated heterocycles. The summed E-state index contributed by atoms with van der Waals surface area (Å²) in [6, 6.07) is 13.3. The first-order chi connectivity index (χ1) is 15.2. The summed E-state index contributed by atoms with van der Waals surface area (Å²) >= 11 is 0. The topological polar surface area (TPSA) is 36.4 Å². The maximum Gasteiger partial charge on any atom is 0.137 e. The lowest BCUT2D eigenvalue weighted by Crippen LogP contribution is -2.46. The van der Waals surface area contributed by atoms with Crippen LogP contribution in [0, 0.1) is 6.92 Å². The number of Topliss-reactive ketones (excluding diaryl/α,β-unsaturated/α-hetero) is 1. The number of carbonyl (C=O) groups excluding carboxylic acids is 1. The fourth-order valence-corrected chi connectivity index (χ4v) is 5.03. The fourth-order valence-electron chi connectivity index (χ4n) is 5.03. The number of benzene rings is 1. The van der Waals surface area contributed by atoms with E-state index in [-0.39, 0.29) is 0 Å². The maximum atomic E-state index is 12.5. The Labute approximate surface area is 187 Å². The van der Waals surface area contributed by atoms with Crippen LogP contribution in [-0.2, 0) is 11.2 Å². The molecule has 1 aromatic carbocycles. The van der Waals surface area contributed by atoms with Crippen molar-refractivity contribution < 1.29 is 4.79 Å². The van der Waals surface area contributed by atoms with Gasteiger partial charge in [0.1, 0.15) is 5.78 Å². The van der Waals surface area contributed by atoms with E-state index in [1.807, 2.05) is 18.3 Å². The molecule has 0 saturated carbocycles. The third kappa shape index (κ3) is 6.47. The van der Waals surface area contributed by atoms with Gasteiger partial charge in [0.25, 0.3) is 0 Å². The van der Waals surface area contributed by atoms with E-state index in [0.717, 1.165) is 35.8 Å². The Bertz CT molecular complexity index is 817. The number of likely N-dealkylation sites (tertiary alicyclic amines) is 2. The van der Waals surface area contributed by atoms with Gasteiger partial charge >= 0.3 is 0 Å². The highest BCUT2D eigenvalue weighted by Crippen LogP contribution is 2.21. The second-order valence-electron chi connectivity index (χ2n) is 9.41. The summed E-state index contributed by atoms with van der Waals surface area (Å²) in [5.41, 5.74) is 4.34. The Morgan fingerprint density at radius 1 is 0.968 bits per heavy atom. The first kappa shape index (κ1) is 22.2. The number of ketones is 1. The van der Waals surface area contributed by atoms with E-state index in [4.69, 9.17) is 0 Å². The Hall–Kier alpha value is -2.04. The number of pyridine rings is 1. The Morgan fingerprint density at radius 2 is 1.71 bits per heavy atom. The Kier molecular flexibility index (Phi) is 7.87. The van der Waals surface area contributed by atoms with E-state index in [2.05, 4.69) is 46.0 Å². The third-order valence-corrected chi connectivity index (χ3v) is 6.97. The van der Waals surface area contributed by atoms with Crippen LogP contribution in [0.25, 0.3) is 11.3 Å². The van der Waals surface area contributed by atoms with Crippen LogP contribution in [0.2, 0.25) is 0 Å². The minimum Gasteiger partial charge on any atom is -0.303 e. The lowest BCUT2D eigenvalue weighted by Gasteiger charge is -2.40. The maximum absolute atomic E-state index is 12.5. The number of aryl methyl sites for hydroxylation is 1. The van der Waals surface area contributed by atoms with Crippen LogP contribution in [-0.4, -0.2) is 59.3 Å². The molecule has 166 valence electrons. The average molecular weight is 420 g/mol. The van der Waals surface area contributed by atoms with Crippen molar-refractivity contribution in [2.75, 3.05) is 32.7 Å². The van der Waals surface area contributed by atoms with Crippen LogP contribution >= 0.6 is 0 Å². The highest BCUT2D eigenvalue weighted by atomic mass is 16.1. The summed E-state index contributed by atoms with van der Waals surface area (Å²) in [6.07, 6.45) is 10.8. The first-order valence-electron chi connectivity index (χ1n) is 12.2. The van der Waals surface area contributed by atoms with Crippen molar-refractivity contribution in [3.05, 3.63) is 53.7 Å². The van der Waals surface area contributed by atoms with Gasteiger partial charge < -0.3 is 9.80 Å². The van der Waals surface area contributed by atoms with Gasteiger partial charge in [-0.05, 0) is 83.4 Å². The summed E-state index contributed by atoms with van der Waals surface area (Å²) in [5.74, 6) is 0.327. The minimum atomic E-state index is 0.327. The van der Waals surface area contributed by atoms with Gasteiger partial charge in [0.2, 0.25) is 0 Å². The van der Waals surface area contributed by atoms with Crippen molar-refractivity contribution >= 4 is 5.78 Å². The third-order valence-electron chi connectivity index (χ3n) is 6.97. The molecule has 0 unspecified atom stereocenters. The van der Waals surface area contributed by atoms with Gasteiger partial charge in [-0.3, -0.25) is 9.78 Å². The molecule has 3 heterocycles. The minimum absolute atomic E-state index is 0.327. The van der Waals surface area contributed by atoms with Crippen LogP contribution in [0.1, 0.15) is 56.1 Å². The smallest absolute Gasteiger partial charge is 0.137 e. The van der Waals surface area contributed by atoms with Crippen molar-refractivity contribution in [3.63, 3.8) is 0 Å². The molecule has 1 aromatic heterocycles. The molecule has 2 aliphatic rings. The van der Waals surface area contributed by atoms with E-state index < -0.39 is 0 Å². The van der Waals surface area contributed by atoms with E-state index in [0.29, 0.717) is 18.6 Å². The first-order valence-corrected chi connectivity index (χ1v) is 12.2. The van der Waals surface area contributed by atoms with Gasteiger partial charge in [-0.1, -0.05) is 42.3 Å². The molecular weight excluding hydrogens is 382 g/mol. The number of nitrogens with zero attached hydrogens (tertiary/aromatic N) is 3. The molecule has 0 spiro atoms. The van der Waals surface area contributed by atoms with E-state index >= 15 is 0 Å². The predicted molar refractivity (Wildman–Crippen MR) is 127 cm³/mol. The number of hydrogen-bond donors (Lipinski definition) is 0. The molecule has 31 heavy (non-hydrogen) atoms. The standard InChI is InChI=1S/C27H37N3O/c1-22-7-10-24(11-8-22)27-12-9-23(21-28-27)20-26(31)6-5-15-29-18-13-25(14-19-29)30-16-3-2-4-17-30/h7-12,21,25H,2-6,13-20H2,1H3. The zero-order valence-corrected chi connectivity index (χ0v) is 19.1. The summed E-state index contributed by atoms with van der Waals surface area (Å²) in [4.78, 5) is 22.3. The van der Waals surface area contributed by atoms with Crippen molar-refractivity contribution in [2.45, 2.75) is 64.3 Å². The summed E-state index contributed by atoms with van der Waals surface area (Å²) in [7, 11) is 0. The Morgan fingerprint density at radius 3 is 2.39 bits per heavy atom. The quantitative estimate of drug-likeness (QED) is 0.610. The second kappa shape index (κ2) is 11.0. The van der Waals surface area contributed by atoms with Gasteiger partial charge in [-0.25, -0.2) is 0 Å². The zero-order valence-electron chi connectivity index (χ0n) is 19.1. The molecule has 2 aromatic rings. The van der Waals surface area contributed by atoms with Crippen LogP contribution < -0.4 is 0 Å². The lowest BCUT2D eigenvalue weighted by atomic mass is 9.99. The zero-order chi connectivity index (χ0) is 21.5. The van der Waals surface area contributed by atoms with E-state index in [1.54, 1.807) is 0 Å². The molecule has 0 atom stereocenters. The van der Waals surface area contributed by atoms with Gasteiger partial charge in [0, 0.05) is 30.6 Å². The Balaban J connectivity index is 1.15. The summed E-state index contributed by atoms with van der Waals surface area (Å²) in [5, 5.41) is 0. The molecule has 2 fully saturated rings. The number of carbonyl (C=O) groups is 1. The molecular formula is C27H37N3O. The highest BCUT2D eigenvalue weighted by Gasteiger charge is 2.25. The molecule has 0 amide bonds. The fraction of sp³-hybridized carbons (Fsp3) is 0.556. The van der Waals surface area contributed by atoms with Gasteiger partial charge in [-0.15, -0.1) is 0 Å². The predicted octanol–water partition coefficient (Wildman–Crippen LogP) is 4.90. The highest BCUT2D eigenvalue weighted by molar-refractivity contribution is 5.80. The SMILES string of the molecule is Cc1ccc(-c2ccc(CC(=O)CCCN3CCC(N4CCCCC4)CC3)cn2)cc1. The van der Waals surface area contributed by atoms with Crippen molar-refractivity contribution in [2.24, 2.45) is 0 Å². The molecule has 0 radical (unpaired) electrons. The number of aromatic nitrogens is 1. The number of hydrogen-bond acceptors (Lipinski definition) is 4. The van der Waals surface area contributed by atoms with Crippen molar-refractivity contribution in [1.29, 1.82) is 0 Å². The molecule has 4 rings (SSSR count). The van der Waals surface area contributed by atoms with Crippen molar-refractivity contribution in [1.82, 2.24) is 14.8 Å². The average Bonchev–Trinajstić information content (AvgIpc) is 2.81. The number of piperidine rings is 2. The normalized spacial score (nSPS) is 18.9. The molecule has 4 nitrogen and oxygen atoms in total. The molecule has 0 N–H and O–H groups in total. The monoisotopic (exact) mass is 419 g/mol. The molecule has 2 aliphatic heterocycles. The molecule has 4 heteroatoms. The van der Waals surface area contributed by atoms with Crippen LogP contribution in [0.15, 0.2) is 42.6 Å².